The van der Waals surface area contributed by atoms with E-state index in [1.807, 2.05) is 6.92 Å². The number of hydrogen-bond donors (Lipinski definition) is 1. The van der Waals surface area contributed by atoms with E-state index in [1.165, 1.54) is 0 Å². The molecule has 1 amide bonds. The van der Waals surface area contributed by atoms with Gasteiger partial charge >= 0.3 is 0 Å². The number of nitrogens with one attached hydrogen (secondary N) is 1. The molecule has 1 aliphatic rings. The van der Waals surface area contributed by atoms with Gasteiger partial charge in [-0.05, 0) is 44.9 Å². The lowest BCUT2D eigenvalue weighted by molar-refractivity contribution is -0.121. The zero-order chi connectivity index (χ0) is 17.6. The SMILES string of the molecule is CCCN1CCC(NC(=O)CCS(=O)(=O)c2ccc(C)cc2)CC1. The van der Waals surface area contributed by atoms with E-state index in [4.69, 9.17) is 0 Å². The topological polar surface area (TPSA) is 66.5 Å². The molecule has 1 saturated heterocycles. The summed E-state index contributed by atoms with van der Waals surface area (Å²) in [7, 11) is -3.40. The molecule has 24 heavy (non-hydrogen) atoms. The molecule has 1 heterocycles. The van der Waals surface area contributed by atoms with E-state index in [2.05, 4.69) is 17.1 Å². The average Bonchev–Trinajstić information content (AvgIpc) is 2.56. The number of hydrogen-bond acceptors (Lipinski definition) is 4. The van der Waals surface area contributed by atoms with E-state index in [9.17, 15) is 13.2 Å². The van der Waals surface area contributed by atoms with Gasteiger partial charge in [0.2, 0.25) is 5.91 Å². The number of likely N-dealkylation sites (tertiary alicyclic amines) is 1. The molecular weight excluding hydrogens is 324 g/mol. The van der Waals surface area contributed by atoms with Crippen LogP contribution in [0.3, 0.4) is 0 Å². The molecule has 6 heteroatoms. The second-order valence-electron chi connectivity index (χ2n) is 6.57. The van der Waals surface area contributed by atoms with Crippen LogP contribution in [0.2, 0.25) is 0 Å². The molecular formula is C18H28N2O3S. The Bertz CT molecular complexity index is 633. The standard InChI is InChI=1S/C18H28N2O3S/c1-3-11-20-12-8-16(9-13-20)19-18(21)10-14-24(22,23)17-6-4-15(2)5-7-17/h4-7,16H,3,8-14H2,1-2H3,(H,19,21). The lowest BCUT2D eigenvalue weighted by Crippen LogP contribution is -2.45. The molecule has 1 fully saturated rings. The van der Waals surface area contributed by atoms with Gasteiger partial charge in [0.25, 0.3) is 0 Å². The van der Waals surface area contributed by atoms with Crippen molar-refractivity contribution in [3.8, 4) is 0 Å². The fourth-order valence-electron chi connectivity index (χ4n) is 3.01. The number of sulfone groups is 1. The maximum absolute atomic E-state index is 12.3. The van der Waals surface area contributed by atoms with Crippen LogP contribution in [0, 0.1) is 6.92 Å². The van der Waals surface area contributed by atoms with Gasteiger partial charge in [0.1, 0.15) is 0 Å². The fraction of sp³-hybridized carbons (Fsp3) is 0.611. The Morgan fingerprint density at radius 2 is 1.83 bits per heavy atom. The third kappa shape index (κ3) is 5.60. The Kier molecular flexibility index (Phi) is 6.80. The van der Waals surface area contributed by atoms with Crippen molar-refractivity contribution < 1.29 is 13.2 Å². The van der Waals surface area contributed by atoms with E-state index in [-0.39, 0.29) is 29.0 Å². The summed E-state index contributed by atoms with van der Waals surface area (Å²) in [6.07, 6.45) is 3.05. The lowest BCUT2D eigenvalue weighted by Gasteiger charge is -2.32. The molecule has 0 unspecified atom stereocenters. The molecule has 0 atom stereocenters. The predicted octanol–water partition coefficient (Wildman–Crippen LogP) is 2.15. The Balaban J connectivity index is 1.78. The van der Waals surface area contributed by atoms with Gasteiger partial charge in [-0.3, -0.25) is 4.79 Å². The fourth-order valence-corrected chi connectivity index (χ4v) is 4.25. The van der Waals surface area contributed by atoms with E-state index < -0.39 is 9.84 Å². The van der Waals surface area contributed by atoms with Crippen LogP contribution < -0.4 is 5.32 Å². The van der Waals surface area contributed by atoms with Crippen molar-refractivity contribution in [2.45, 2.75) is 50.5 Å². The van der Waals surface area contributed by atoms with Crippen molar-refractivity contribution >= 4 is 15.7 Å². The zero-order valence-electron chi connectivity index (χ0n) is 14.6. The predicted molar refractivity (Wildman–Crippen MR) is 95.7 cm³/mol. The van der Waals surface area contributed by atoms with Gasteiger partial charge in [0, 0.05) is 25.6 Å². The molecule has 1 aliphatic heterocycles. The number of amides is 1. The highest BCUT2D eigenvalue weighted by atomic mass is 32.2. The number of carbonyl (C=O) groups excluding carboxylic acids is 1. The summed E-state index contributed by atoms with van der Waals surface area (Å²) in [4.78, 5) is 14.8. The average molecular weight is 353 g/mol. The first-order chi connectivity index (χ1) is 11.4. The van der Waals surface area contributed by atoms with Crippen LogP contribution in [0.15, 0.2) is 29.2 Å². The molecule has 0 saturated carbocycles. The Hall–Kier alpha value is -1.40. The van der Waals surface area contributed by atoms with E-state index in [1.54, 1.807) is 24.3 Å². The summed E-state index contributed by atoms with van der Waals surface area (Å²) in [5.41, 5.74) is 1.01. The summed E-state index contributed by atoms with van der Waals surface area (Å²) in [6, 6.07) is 6.93. The lowest BCUT2D eigenvalue weighted by atomic mass is 10.0. The van der Waals surface area contributed by atoms with Gasteiger partial charge in [-0.15, -0.1) is 0 Å². The van der Waals surface area contributed by atoms with Crippen molar-refractivity contribution in [2.24, 2.45) is 0 Å². The van der Waals surface area contributed by atoms with Gasteiger partial charge in [0.05, 0.1) is 10.6 Å². The van der Waals surface area contributed by atoms with Gasteiger partial charge in [0.15, 0.2) is 9.84 Å². The first-order valence-corrected chi connectivity index (χ1v) is 10.4. The summed E-state index contributed by atoms with van der Waals surface area (Å²) in [5.74, 6) is -0.309. The van der Waals surface area contributed by atoms with E-state index in [0.29, 0.717) is 0 Å². The normalized spacial score (nSPS) is 16.9. The molecule has 1 aromatic rings. The van der Waals surface area contributed by atoms with E-state index >= 15 is 0 Å². The summed E-state index contributed by atoms with van der Waals surface area (Å²) >= 11 is 0. The Morgan fingerprint density at radius 3 is 2.42 bits per heavy atom. The minimum atomic E-state index is -3.40. The van der Waals surface area contributed by atoms with Crippen LogP contribution in [0.5, 0.6) is 0 Å². The highest BCUT2D eigenvalue weighted by molar-refractivity contribution is 7.91. The third-order valence-corrected chi connectivity index (χ3v) is 6.20. The number of piperidine rings is 1. The quantitative estimate of drug-likeness (QED) is 0.816. The van der Waals surface area contributed by atoms with Crippen LogP contribution >= 0.6 is 0 Å². The van der Waals surface area contributed by atoms with Crippen molar-refractivity contribution in [3.63, 3.8) is 0 Å². The summed E-state index contributed by atoms with van der Waals surface area (Å²) in [6.45, 7) is 7.19. The van der Waals surface area contributed by atoms with Crippen LogP contribution in [0.1, 0.15) is 38.2 Å². The highest BCUT2D eigenvalue weighted by Crippen LogP contribution is 2.14. The molecule has 0 aromatic heterocycles. The molecule has 0 spiro atoms. The summed E-state index contributed by atoms with van der Waals surface area (Å²) in [5, 5.41) is 2.98. The molecule has 2 rings (SSSR count). The van der Waals surface area contributed by atoms with Crippen molar-refractivity contribution in [1.29, 1.82) is 0 Å². The second kappa shape index (κ2) is 8.62. The smallest absolute Gasteiger partial charge is 0.221 e. The first-order valence-electron chi connectivity index (χ1n) is 8.72. The second-order valence-corrected chi connectivity index (χ2v) is 8.67. The molecule has 134 valence electrons. The minimum Gasteiger partial charge on any atom is -0.353 e. The number of carbonyl (C=O) groups is 1. The monoisotopic (exact) mass is 352 g/mol. The molecule has 0 bridgehead atoms. The molecule has 0 aliphatic carbocycles. The maximum Gasteiger partial charge on any atom is 0.221 e. The first kappa shape index (κ1) is 18.9. The van der Waals surface area contributed by atoms with Crippen LogP contribution in [0.25, 0.3) is 0 Å². The Labute approximate surface area is 145 Å². The van der Waals surface area contributed by atoms with E-state index in [0.717, 1.165) is 44.5 Å². The minimum absolute atomic E-state index is 0.0192. The van der Waals surface area contributed by atoms with Crippen LogP contribution in [0.4, 0.5) is 0 Å². The van der Waals surface area contributed by atoms with Crippen molar-refractivity contribution in [3.05, 3.63) is 29.8 Å². The Morgan fingerprint density at radius 1 is 1.21 bits per heavy atom. The van der Waals surface area contributed by atoms with Crippen molar-refractivity contribution in [2.75, 3.05) is 25.4 Å². The van der Waals surface area contributed by atoms with Gasteiger partial charge in [-0.1, -0.05) is 24.6 Å². The number of aryl methyl sites for hydroxylation is 1. The number of benzene rings is 1. The van der Waals surface area contributed by atoms with Crippen LogP contribution in [-0.2, 0) is 14.6 Å². The van der Waals surface area contributed by atoms with Gasteiger partial charge < -0.3 is 10.2 Å². The molecule has 0 radical (unpaired) electrons. The maximum atomic E-state index is 12.3. The largest absolute Gasteiger partial charge is 0.353 e. The molecule has 1 N–H and O–H groups in total. The van der Waals surface area contributed by atoms with Crippen LogP contribution in [-0.4, -0.2) is 50.7 Å². The zero-order valence-corrected chi connectivity index (χ0v) is 15.4. The van der Waals surface area contributed by atoms with Gasteiger partial charge in [-0.2, -0.15) is 0 Å². The van der Waals surface area contributed by atoms with Crippen molar-refractivity contribution in [1.82, 2.24) is 10.2 Å². The molecule has 1 aromatic carbocycles. The third-order valence-electron chi connectivity index (χ3n) is 4.47. The molecule has 5 nitrogen and oxygen atoms in total. The van der Waals surface area contributed by atoms with Gasteiger partial charge in [-0.25, -0.2) is 8.42 Å². The number of nitrogens with zero attached hydrogens (tertiary/aromatic N) is 1. The number of rotatable bonds is 7. The summed E-state index contributed by atoms with van der Waals surface area (Å²) < 4.78 is 24.5. The highest BCUT2D eigenvalue weighted by Gasteiger charge is 2.21.